The molecule has 2 aromatic heterocycles. The lowest BCUT2D eigenvalue weighted by molar-refractivity contribution is 0.304. The van der Waals surface area contributed by atoms with Crippen LogP contribution in [0.25, 0.3) is 10.9 Å². The number of hydrogen-bond donors (Lipinski definition) is 2. The molecule has 1 aliphatic rings. The van der Waals surface area contributed by atoms with Crippen molar-refractivity contribution in [2.75, 3.05) is 6.54 Å². The second kappa shape index (κ2) is 6.74. The van der Waals surface area contributed by atoms with Crippen LogP contribution >= 0.6 is 0 Å². The molecule has 1 aromatic carbocycles. The number of sulfonamides is 1. The third-order valence-corrected chi connectivity index (χ3v) is 6.60. The van der Waals surface area contributed by atoms with Gasteiger partial charge in [-0.2, -0.15) is 9.29 Å². The fourth-order valence-corrected chi connectivity index (χ4v) is 5.07. The maximum absolute atomic E-state index is 13.3. The Morgan fingerprint density at radius 3 is 2.78 bits per heavy atom. The molecule has 10 nitrogen and oxygen atoms in total. The minimum atomic E-state index is -3.91. The van der Waals surface area contributed by atoms with Crippen molar-refractivity contribution < 1.29 is 12.9 Å². The topological polar surface area (TPSA) is 142 Å². The lowest BCUT2D eigenvalue weighted by atomic mass is 10.1. The van der Waals surface area contributed by atoms with Crippen molar-refractivity contribution in [1.82, 2.24) is 24.4 Å². The summed E-state index contributed by atoms with van der Waals surface area (Å²) in [7, 11) is -3.91. The highest BCUT2D eigenvalue weighted by Gasteiger charge is 2.35. The second-order valence-corrected chi connectivity index (χ2v) is 8.28. The van der Waals surface area contributed by atoms with Crippen molar-refractivity contribution in [3.05, 3.63) is 51.3 Å². The zero-order valence-corrected chi connectivity index (χ0v) is 15.0. The average molecular weight is 391 g/mol. The van der Waals surface area contributed by atoms with E-state index in [4.69, 9.17) is 4.52 Å². The van der Waals surface area contributed by atoms with Gasteiger partial charge >= 0.3 is 5.69 Å². The van der Waals surface area contributed by atoms with E-state index in [9.17, 15) is 18.0 Å². The van der Waals surface area contributed by atoms with Gasteiger partial charge in [0.25, 0.3) is 5.56 Å². The summed E-state index contributed by atoms with van der Waals surface area (Å²) in [4.78, 5) is 32.0. The highest BCUT2D eigenvalue weighted by Crippen LogP contribution is 2.33. The number of H-pyrrole nitrogens is 2. The Bertz CT molecular complexity index is 1180. The summed E-state index contributed by atoms with van der Waals surface area (Å²) in [6.45, 7) is 0.321. The number of hydrogen-bond acceptors (Lipinski definition) is 7. The number of nitrogens with one attached hydrogen (secondary N) is 2. The van der Waals surface area contributed by atoms with E-state index in [0.717, 1.165) is 19.3 Å². The summed E-state index contributed by atoms with van der Waals surface area (Å²) in [6, 6.07) is 3.55. The first-order valence-corrected chi connectivity index (χ1v) is 9.95. The monoisotopic (exact) mass is 391 g/mol. The smallest absolute Gasteiger partial charge is 0.326 e. The van der Waals surface area contributed by atoms with Gasteiger partial charge < -0.3 is 9.51 Å². The fourth-order valence-electron chi connectivity index (χ4n) is 3.39. The van der Waals surface area contributed by atoms with E-state index < -0.39 is 27.3 Å². The van der Waals surface area contributed by atoms with Crippen molar-refractivity contribution in [2.45, 2.75) is 36.6 Å². The first kappa shape index (κ1) is 17.6. The number of aromatic nitrogens is 4. The molecule has 0 aliphatic carbocycles. The Balaban J connectivity index is 1.82. The molecule has 0 radical (unpaired) electrons. The minimum absolute atomic E-state index is 0.0251. The molecule has 142 valence electrons. The predicted molar refractivity (Wildman–Crippen MR) is 94.6 cm³/mol. The third-order valence-electron chi connectivity index (χ3n) is 4.70. The molecule has 1 unspecified atom stereocenters. The SMILES string of the molecule is O=c1[nH]c(=O)c2cc(S(=O)(=O)N3CCCCCC3c3ncon3)ccc2[nH]1. The Morgan fingerprint density at radius 1 is 1.15 bits per heavy atom. The number of aromatic amines is 2. The molecule has 0 bridgehead atoms. The summed E-state index contributed by atoms with van der Waals surface area (Å²) in [5.41, 5.74) is -1.02. The summed E-state index contributed by atoms with van der Waals surface area (Å²) in [6.07, 6.45) is 4.23. The van der Waals surface area contributed by atoms with Gasteiger partial charge in [-0.3, -0.25) is 9.78 Å². The molecule has 3 heterocycles. The van der Waals surface area contributed by atoms with Gasteiger partial charge in [-0.15, -0.1) is 0 Å². The molecule has 1 fully saturated rings. The van der Waals surface area contributed by atoms with Crippen LogP contribution in [0, 0.1) is 0 Å². The molecule has 1 atom stereocenters. The van der Waals surface area contributed by atoms with Gasteiger partial charge in [-0.05, 0) is 31.0 Å². The molecule has 27 heavy (non-hydrogen) atoms. The standard InChI is InChI=1S/C16H17N5O5S/c22-15-11-8-10(5-6-12(11)18-16(23)19-15)27(24,25)21-7-3-1-2-4-13(21)14-17-9-26-20-14/h5-6,8-9,13H,1-4,7H2,(H2,18,19,22,23). The molecule has 11 heteroatoms. The Kier molecular flexibility index (Phi) is 4.40. The minimum Gasteiger partial charge on any atom is -0.343 e. The molecule has 4 rings (SSSR count). The fraction of sp³-hybridized carbons (Fsp3) is 0.375. The van der Waals surface area contributed by atoms with Crippen molar-refractivity contribution in [1.29, 1.82) is 0 Å². The van der Waals surface area contributed by atoms with Crippen LogP contribution in [-0.4, -0.2) is 39.4 Å². The van der Waals surface area contributed by atoms with Crippen LogP contribution in [0.15, 0.2) is 43.6 Å². The van der Waals surface area contributed by atoms with Crippen molar-refractivity contribution in [3.8, 4) is 0 Å². The molecule has 1 saturated heterocycles. The highest BCUT2D eigenvalue weighted by molar-refractivity contribution is 7.89. The Hall–Kier alpha value is -2.79. The van der Waals surface area contributed by atoms with E-state index in [1.54, 1.807) is 0 Å². The Morgan fingerprint density at radius 2 is 2.00 bits per heavy atom. The zero-order chi connectivity index (χ0) is 19.0. The third kappa shape index (κ3) is 3.19. The number of rotatable bonds is 3. The molecule has 1 aliphatic heterocycles. The molecule has 0 saturated carbocycles. The average Bonchev–Trinajstić information content (AvgIpc) is 3.05. The lowest BCUT2D eigenvalue weighted by Crippen LogP contribution is -2.35. The molecule has 3 aromatic rings. The van der Waals surface area contributed by atoms with E-state index >= 15 is 0 Å². The summed E-state index contributed by atoms with van der Waals surface area (Å²) in [5, 5.41) is 3.92. The van der Waals surface area contributed by atoms with E-state index in [2.05, 4.69) is 20.1 Å². The first-order chi connectivity index (χ1) is 13.0. The first-order valence-electron chi connectivity index (χ1n) is 8.51. The van der Waals surface area contributed by atoms with Crippen LogP contribution in [0.2, 0.25) is 0 Å². The van der Waals surface area contributed by atoms with E-state index in [1.165, 1.54) is 28.9 Å². The molecular weight excluding hydrogens is 374 g/mol. The number of benzene rings is 1. The second-order valence-electron chi connectivity index (χ2n) is 6.39. The normalized spacial score (nSPS) is 19.2. The predicted octanol–water partition coefficient (Wildman–Crippen LogP) is 0.905. The van der Waals surface area contributed by atoms with Crippen molar-refractivity contribution in [2.24, 2.45) is 0 Å². The zero-order valence-electron chi connectivity index (χ0n) is 14.2. The van der Waals surface area contributed by atoms with E-state index in [1.807, 2.05) is 0 Å². The number of nitrogens with zero attached hydrogens (tertiary/aromatic N) is 3. The van der Waals surface area contributed by atoms with Crippen LogP contribution in [0.5, 0.6) is 0 Å². The van der Waals surface area contributed by atoms with Gasteiger partial charge in [0.2, 0.25) is 16.4 Å². The highest BCUT2D eigenvalue weighted by atomic mass is 32.2. The van der Waals surface area contributed by atoms with E-state index in [0.29, 0.717) is 18.8 Å². The van der Waals surface area contributed by atoms with Gasteiger partial charge in [0.05, 0.1) is 21.8 Å². The number of fused-ring (bicyclic) bond motifs is 1. The summed E-state index contributed by atoms with van der Waals surface area (Å²) in [5.74, 6) is 0.323. The van der Waals surface area contributed by atoms with Crippen molar-refractivity contribution >= 4 is 20.9 Å². The van der Waals surface area contributed by atoms with Crippen LogP contribution in [0.1, 0.15) is 37.5 Å². The van der Waals surface area contributed by atoms with Gasteiger partial charge in [-0.1, -0.05) is 18.0 Å². The molecule has 2 N–H and O–H groups in total. The molecular formula is C16H17N5O5S. The summed E-state index contributed by atoms with van der Waals surface area (Å²) < 4.78 is 32.8. The maximum Gasteiger partial charge on any atom is 0.326 e. The van der Waals surface area contributed by atoms with Gasteiger partial charge in [0.1, 0.15) is 0 Å². The van der Waals surface area contributed by atoms with Gasteiger partial charge in [-0.25, -0.2) is 13.2 Å². The van der Waals surface area contributed by atoms with Crippen LogP contribution in [0.3, 0.4) is 0 Å². The maximum atomic E-state index is 13.3. The largest absolute Gasteiger partial charge is 0.343 e. The van der Waals surface area contributed by atoms with E-state index in [-0.39, 0.29) is 15.8 Å². The van der Waals surface area contributed by atoms with Crippen LogP contribution in [0.4, 0.5) is 0 Å². The summed E-state index contributed by atoms with van der Waals surface area (Å²) >= 11 is 0. The lowest BCUT2D eigenvalue weighted by Gasteiger charge is -2.27. The quantitative estimate of drug-likeness (QED) is 0.675. The van der Waals surface area contributed by atoms with Gasteiger partial charge in [0.15, 0.2) is 5.82 Å². The van der Waals surface area contributed by atoms with Crippen LogP contribution in [-0.2, 0) is 10.0 Å². The molecule has 0 amide bonds. The Labute approximate surface area is 153 Å². The van der Waals surface area contributed by atoms with Crippen LogP contribution < -0.4 is 11.2 Å². The molecule has 0 spiro atoms. The van der Waals surface area contributed by atoms with Gasteiger partial charge in [0, 0.05) is 6.54 Å². The van der Waals surface area contributed by atoms with Crippen molar-refractivity contribution in [3.63, 3.8) is 0 Å².